The first-order valence-electron chi connectivity index (χ1n) is 2.85. The molecule has 0 saturated carbocycles. The standard InChI is InChI=1S/C7H6N2.ClH/c1-2-4-7-6(3-1)5-8-9-7;/h1-5H,(H,8,9);1H. The van der Waals surface area contributed by atoms with Crippen molar-refractivity contribution in [3.8, 4) is 0 Å². The summed E-state index contributed by atoms with van der Waals surface area (Å²) in [6.45, 7) is 0. The van der Waals surface area contributed by atoms with Crippen molar-refractivity contribution in [3.63, 3.8) is 0 Å². The fourth-order valence-electron chi connectivity index (χ4n) is 0.883. The van der Waals surface area contributed by atoms with Gasteiger partial charge >= 0.3 is 0 Å². The van der Waals surface area contributed by atoms with E-state index >= 15 is 0 Å². The zero-order valence-electron chi connectivity index (χ0n) is 5.24. The number of aromatic nitrogens is 2. The molecule has 0 aliphatic carbocycles. The number of fused-ring (bicyclic) bond motifs is 1. The number of rotatable bonds is 0. The number of aromatic amines is 1. The molecule has 1 heterocycles. The number of hydrogen-bond donors (Lipinski definition) is 1. The summed E-state index contributed by atoms with van der Waals surface area (Å²) in [6, 6.07) is 7.98. The second-order valence-electron chi connectivity index (χ2n) is 1.94. The lowest BCUT2D eigenvalue weighted by Crippen LogP contribution is -1.63. The van der Waals surface area contributed by atoms with E-state index in [1.54, 1.807) is 0 Å². The summed E-state index contributed by atoms with van der Waals surface area (Å²) >= 11 is 0. The van der Waals surface area contributed by atoms with Gasteiger partial charge in [-0.1, -0.05) is 18.2 Å². The van der Waals surface area contributed by atoms with Gasteiger partial charge in [-0.3, -0.25) is 5.10 Å². The molecule has 2 rings (SSSR count). The second kappa shape index (κ2) is 2.71. The first-order valence-corrected chi connectivity index (χ1v) is 2.85. The number of para-hydroxylation sites is 1. The lowest BCUT2D eigenvalue weighted by molar-refractivity contribution is 1.12. The minimum atomic E-state index is 0. The van der Waals surface area contributed by atoms with Crippen LogP contribution in [-0.4, -0.2) is 10.2 Å². The molecule has 1 N–H and O–H groups in total. The Balaban J connectivity index is 0.000000500. The van der Waals surface area contributed by atoms with Crippen molar-refractivity contribution < 1.29 is 0 Å². The molecule has 52 valence electrons. The van der Waals surface area contributed by atoms with E-state index in [9.17, 15) is 0 Å². The zero-order valence-corrected chi connectivity index (χ0v) is 6.06. The molecule has 0 aliphatic rings. The molecule has 0 unspecified atom stereocenters. The van der Waals surface area contributed by atoms with E-state index in [2.05, 4.69) is 10.2 Å². The number of hydrogen-bond acceptors (Lipinski definition) is 1. The molecule has 10 heavy (non-hydrogen) atoms. The molecule has 0 amide bonds. The fourth-order valence-corrected chi connectivity index (χ4v) is 0.883. The third kappa shape index (κ3) is 0.977. The van der Waals surface area contributed by atoms with Crippen LogP contribution in [0.15, 0.2) is 30.5 Å². The van der Waals surface area contributed by atoms with Crippen LogP contribution in [0.2, 0.25) is 0 Å². The molecule has 0 aliphatic heterocycles. The topological polar surface area (TPSA) is 28.7 Å². The molecular formula is C7H7ClN2. The first kappa shape index (κ1) is 7.09. The summed E-state index contributed by atoms with van der Waals surface area (Å²) < 4.78 is 0. The highest BCUT2D eigenvalue weighted by Gasteiger charge is 1.88. The lowest BCUT2D eigenvalue weighted by atomic mass is 10.3. The van der Waals surface area contributed by atoms with E-state index in [0.717, 1.165) is 10.9 Å². The molecule has 0 atom stereocenters. The van der Waals surface area contributed by atoms with Gasteiger partial charge in [0.05, 0.1) is 5.52 Å². The Kier molecular flexibility index (Phi) is 1.92. The maximum Gasteiger partial charge on any atom is 0.0920 e. The van der Waals surface area contributed by atoms with E-state index in [1.165, 1.54) is 0 Å². The maximum absolute atomic E-state index is 3.99. The molecule has 0 spiro atoms. The van der Waals surface area contributed by atoms with Crippen LogP contribution in [0.25, 0.3) is 10.9 Å². The Hall–Kier alpha value is -1.02. The first-order chi connectivity index (χ1) is 4.47. The van der Waals surface area contributed by atoms with Gasteiger partial charge in [0.25, 0.3) is 0 Å². The minimum Gasteiger partial charge on any atom is -0.285 e. The largest absolute Gasteiger partial charge is 0.285 e. The summed E-state index contributed by atoms with van der Waals surface area (Å²) in [5.41, 5.74) is 1.03. The maximum atomic E-state index is 3.99. The van der Waals surface area contributed by atoms with Crippen LogP contribution < -0.4 is 0 Å². The van der Waals surface area contributed by atoms with Gasteiger partial charge in [-0.2, -0.15) is 5.10 Å². The quantitative estimate of drug-likeness (QED) is 0.618. The van der Waals surface area contributed by atoms with Gasteiger partial charge in [0.1, 0.15) is 0 Å². The van der Waals surface area contributed by atoms with Gasteiger partial charge in [-0.15, -0.1) is 12.4 Å². The van der Waals surface area contributed by atoms with E-state index in [1.807, 2.05) is 30.5 Å². The number of H-pyrrole nitrogens is 1. The van der Waals surface area contributed by atoms with Gasteiger partial charge in [-0.05, 0) is 6.07 Å². The van der Waals surface area contributed by atoms with E-state index in [4.69, 9.17) is 0 Å². The van der Waals surface area contributed by atoms with Crippen LogP contribution in [0.3, 0.4) is 0 Å². The van der Waals surface area contributed by atoms with Crippen LogP contribution in [0, 0.1) is 0 Å². The van der Waals surface area contributed by atoms with Crippen LogP contribution in [0.4, 0.5) is 0 Å². The third-order valence-electron chi connectivity index (χ3n) is 1.34. The normalized spacial score (nSPS) is 9.20. The highest BCUT2D eigenvalue weighted by atomic mass is 35.5. The Labute approximate surface area is 64.7 Å². The number of halogens is 1. The summed E-state index contributed by atoms with van der Waals surface area (Å²) in [4.78, 5) is 0. The molecule has 1 aromatic carbocycles. The molecular weight excluding hydrogens is 148 g/mol. The van der Waals surface area contributed by atoms with Crippen LogP contribution in [0.1, 0.15) is 0 Å². The van der Waals surface area contributed by atoms with Gasteiger partial charge in [0, 0.05) is 11.6 Å². The predicted octanol–water partition coefficient (Wildman–Crippen LogP) is 1.98. The third-order valence-corrected chi connectivity index (χ3v) is 1.34. The monoisotopic (exact) mass is 154 g/mol. The average Bonchev–Trinajstić information content (AvgIpc) is 2.33. The molecule has 0 bridgehead atoms. The summed E-state index contributed by atoms with van der Waals surface area (Å²) in [6.07, 6.45) is 1.88. The highest BCUT2D eigenvalue weighted by molar-refractivity contribution is 5.85. The molecule has 2 aromatic rings. The Bertz CT molecular complexity index is 286. The van der Waals surface area contributed by atoms with Crippen molar-refractivity contribution in [1.29, 1.82) is 0 Å². The molecule has 0 radical (unpaired) electrons. The van der Waals surface area contributed by atoms with Crippen LogP contribution >= 0.6 is 12.4 Å². The fraction of sp³-hybridized carbons (Fsp3) is 0. The number of nitrogens with zero attached hydrogens (tertiary/aromatic N) is 1. The Morgan fingerprint density at radius 2 is 2.00 bits per heavy atom. The van der Waals surface area contributed by atoms with Gasteiger partial charge < -0.3 is 0 Å². The van der Waals surface area contributed by atoms with E-state index in [0.29, 0.717) is 0 Å². The van der Waals surface area contributed by atoms with E-state index < -0.39 is 0 Å². The zero-order chi connectivity index (χ0) is 6.10. The number of nitrogens with one attached hydrogen (secondary N) is 1. The second-order valence-corrected chi connectivity index (χ2v) is 1.94. The number of benzene rings is 1. The van der Waals surface area contributed by atoms with Crippen molar-refractivity contribution in [3.05, 3.63) is 30.5 Å². The minimum absolute atomic E-state index is 0. The summed E-state index contributed by atoms with van der Waals surface area (Å²) in [5.74, 6) is 0. The summed E-state index contributed by atoms with van der Waals surface area (Å²) in [5, 5.41) is 7.95. The molecule has 3 heteroatoms. The van der Waals surface area contributed by atoms with Crippen LogP contribution in [0.5, 0.6) is 0 Å². The van der Waals surface area contributed by atoms with Gasteiger partial charge in [0.15, 0.2) is 0 Å². The molecule has 0 saturated heterocycles. The average molecular weight is 155 g/mol. The van der Waals surface area contributed by atoms with Gasteiger partial charge in [0.2, 0.25) is 0 Å². The molecule has 2 nitrogen and oxygen atoms in total. The smallest absolute Gasteiger partial charge is 0.0920 e. The van der Waals surface area contributed by atoms with Crippen molar-refractivity contribution in [2.45, 2.75) is 0 Å². The van der Waals surface area contributed by atoms with Crippen molar-refractivity contribution >= 4 is 23.3 Å². The predicted molar refractivity (Wildman–Crippen MR) is 43.3 cm³/mol. The highest BCUT2D eigenvalue weighted by Crippen LogP contribution is 2.06. The Morgan fingerprint density at radius 3 is 2.80 bits per heavy atom. The van der Waals surface area contributed by atoms with Crippen LogP contribution in [-0.2, 0) is 0 Å². The van der Waals surface area contributed by atoms with Crippen molar-refractivity contribution in [1.82, 2.24) is 10.2 Å². The van der Waals surface area contributed by atoms with Crippen molar-refractivity contribution in [2.75, 3.05) is 0 Å². The molecule has 1 aromatic heterocycles. The Morgan fingerprint density at radius 1 is 1.20 bits per heavy atom. The van der Waals surface area contributed by atoms with Crippen molar-refractivity contribution in [2.24, 2.45) is 0 Å². The van der Waals surface area contributed by atoms with Gasteiger partial charge in [-0.25, -0.2) is 0 Å². The SMILES string of the molecule is Cl.c1ccc2n[nH]cc2c1. The lowest BCUT2D eigenvalue weighted by Gasteiger charge is -1.80. The summed E-state index contributed by atoms with van der Waals surface area (Å²) in [7, 11) is 0. The van der Waals surface area contributed by atoms with E-state index in [-0.39, 0.29) is 12.4 Å². The molecule has 0 fully saturated rings.